The lowest BCUT2D eigenvalue weighted by molar-refractivity contribution is 0.145. The average Bonchev–Trinajstić information content (AvgIpc) is 2.50. The van der Waals surface area contributed by atoms with Crippen LogP contribution in [0.25, 0.3) is 0 Å². The predicted octanol–water partition coefficient (Wildman–Crippen LogP) is 1.38. The fourth-order valence-corrected chi connectivity index (χ4v) is 0.933. The molecule has 1 heterocycles. The molecule has 0 fully saturated rings. The second kappa shape index (κ2) is 4.91. The summed E-state index contributed by atoms with van der Waals surface area (Å²) in [6.45, 7) is 3.66. The van der Waals surface area contributed by atoms with Gasteiger partial charge in [-0.15, -0.1) is 0 Å². The summed E-state index contributed by atoms with van der Waals surface area (Å²) in [5.74, 6) is 0. The monoisotopic (exact) mass is 154 g/mol. The molecule has 62 valence electrons. The molecular weight excluding hydrogens is 140 g/mol. The molecule has 0 radical (unpaired) electrons. The van der Waals surface area contributed by atoms with Gasteiger partial charge in [-0.2, -0.15) is 5.10 Å². The third-order valence-electron chi connectivity index (χ3n) is 1.50. The lowest BCUT2D eigenvalue weighted by Gasteiger charge is -1.98. The van der Waals surface area contributed by atoms with Gasteiger partial charge in [0.15, 0.2) is 0 Å². The lowest BCUT2D eigenvalue weighted by atomic mass is 10.2. The largest absolute Gasteiger partial charge is 0.382 e. The van der Waals surface area contributed by atoms with Crippen molar-refractivity contribution in [3.05, 3.63) is 18.0 Å². The van der Waals surface area contributed by atoms with Crippen LogP contribution in [0.5, 0.6) is 0 Å². The van der Waals surface area contributed by atoms with Crippen LogP contribution in [0.4, 0.5) is 0 Å². The van der Waals surface area contributed by atoms with E-state index in [1.54, 1.807) is 6.20 Å². The number of nitrogens with one attached hydrogen (secondary N) is 1. The molecule has 0 saturated carbocycles. The molecule has 0 amide bonds. The van der Waals surface area contributed by atoms with Crippen LogP contribution in [0.15, 0.2) is 12.3 Å². The highest BCUT2D eigenvalue weighted by Crippen LogP contribution is 1.96. The zero-order chi connectivity index (χ0) is 7.94. The average molecular weight is 154 g/mol. The Morgan fingerprint density at radius 2 is 2.55 bits per heavy atom. The molecule has 0 bridgehead atoms. The summed E-state index contributed by atoms with van der Waals surface area (Å²) in [6, 6.07) is 1.99. The van der Waals surface area contributed by atoms with Crippen LogP contribution in [0, 0.1) is 0 Å². The molecule has 0 aliphatic rings. The molecule has 1 aromatic heterocycles. The molecule has 11 heavy (non-hydrogen) atoms. The van der Waals surface area contributed by atoms with E-state index >= 15 is 0 Å². The van der Waals surface area contributed by atoms with Gasteiger partial charge in [0.25, 0.3) is 0 Å². The number of aryl methyl sites for hydroxylation is 1. The van der Waals surface area contributed by atoms with Crippen molar-refractivity contribution in [2.45, 2.75) is 19.8 Å². The van der Waals surface area contributed by atoms with Crippen LogP contribution in [0.1, 0.15) is 19.0 Å². The van der Waals surface area contributed by atoms with E-state index in [4.69, 9.17) is 4.74 Å². The minimum atomic E-state index is 0.809. The van der Waals surface area contributed by atoms with E-state index < -0.39 is 0 Å². The van der Waals surface area contributed by atoms with Gasteiger partial charge in [0.1, 0.15) is 0 Å². The van der Waals surface area contributed by atoms with E-state index in [2.05, 4.69) is 10.2 Å². The quantitative estimate of drug-likeness (QED) is 0.650. The van der Waals surface area contributed by atoms with E-state index in [0.717, 1.165) is 26.1 Å². The maximum Gasteiger partial charge on any atom is 0.0490 e. The van der Waals surface area contributed by atoms with Gasteiger partial charge < -0.3 is 4.74 Å². The number of hydrogen-bond acceptors (Lipinski definition) is 2. The maximum absolute atomic E-state index is 5.20. The van der Waals surface area contributed by atoms with Gasteiger partial charge >= 0.3 is 0 Å². The SMILES string of the molecule is CCOCCCc1ccn[nH]1. The van der Waals surface area contributed by atoms with Gasteiger partial charge in [-0.3, -0.25) is 5.10 Å². The summed E-state index contributed by atoms with van der Waals surface area (Å²) in [5.41, 5.74) is 1.18. The molecule has 0 saturated heterocycles. The van der Waals surface area contributed by atoms with Gasteiger partial charge in [0.2, 0.25) is 0 Å². The van der Waals surface area contributed by atoms with Crippen LogP contribution in [0.2, 0.25) is 0 Å². The topological polar surface area (TPSA) is 37.9 Å². The Bertz CT molecular complexity index is 172. The molecule has 0 atom stereocenters. The van der Waals surface area contributed by atoms with Crippen LogP contribution >= 0.6 is 0 Å². The van der Waals surface area contributed by atoms with Gasteiger partial charge in [0, 0.05) is 25.1 Å². The number of nitrogens with zero attached hydrogens (tertiary/aromatic N) is 1. The normalized spacial score (nSPS) is 10.3. The zero-order valence-electron chi connectivity index (χ0n) is 6.84. The molecule has 1 aromatic rings. The van der Waals surface area contributed by atoms with Crippen molar-refractivity contribution in [1.82, 2.24) is 10.2 Å². The summed E-state index contributed by atoms with van der Waals surface area (Å²) in [7, 11) is 0. The van der Waals surface area contributed by atoms with Crippen molar-refractivity contribution in [1.29, 1.82) is 0 Å². The molecule has 0 aliphatic carbocycles. The minimum absolute atomic E-state index is 0.809. The molecular formula is C8H14N2O. The van der Waals surface area contributed by atoms with Gasteiger partial charge in [-0.05, 0) is 25.8 Å². The maximum atomic E-state index is 5.20. The fraction of sp³-hybridized carbons (Fsp3) is 0.625. The Kier molecular flexibility index (Phi) is 3.69. The van der Waals surface area contributed by atoms with Crippen LogP contribution < -0.4 is 0 Å². The highest BCUT2D eigenvalue weighted by Gasteiger charge is 1.92. The third-order valence-corrected chi connectivity index (χ3v) is 1.50. The van der Waals surface area contributed by atoms with Crippen molar-refractivity contribution < 1.29 is 4.74 Å². The summed E-state index contributed by atoms with van der Waals surface area (Å²) >= 11 is 0. The number of ether oxygens (including phenoxy) is 1. The molecule has 0 spiro atoms. The number of aromatic nitrogens is 2. The summed E-state index contributed by atoms with van der Waals surface area (Å²) in [4.78, 5) is 0. The van der Waals surface area contributed by atoms with Gasteiger partial charge in [0.05, 0.1) is 0 Å². The van der Waals surface area contributed by atoms with E-state index in [1.165, 1.54) is 5.69 Å². The molecule has 3 nitrogen and oxygen atoms in total. The highest BCUT2D eigenvalue weighted by molar-refractivity contribution is 4.96. The Morgan fingerprint density at radius 3 is 3.18 bits per heavy atom. The van der Waals surface area contributed by atoms with E-state index in [9.17, 15) is 0 Å². The summed E-state index contributed by atoms with van der Waals surface area (Å²) in [6.07, 6.45) is 3.87. The second-order valence-electron chi connectivity index (χ2n) is 2.38. The summed E-state index contributed by atoms with van der Waals surface area (Å²) < 4.78 is 5.20. The first-order valence-corrected chi connectivity index (χ1v) is 3.99. The van der Waals surface area contributed by atoms with Crippen molar-refractivity contribution in [3.8, 4) is 0 Å². The van der Waals surface area contributed by atoms with Gasteiger partial charge in [-0.1, -0.05) is 0 Å². The van der Waals surface area contributed by atoms with Crippen molar-refractivity contribution >= 4 is 0 Å². The highest BCUT2D eigenvalue weighted by atomic mass is 16.5. The zero-order valence-corrected chi connectivity index (χ0v) is 6.84. The molecule has 1 N–H and O–H groups in total. The second-order valence-corrected chi connectivity index (χ2v) is 2.38. The molecule has 0 aliphatic heterocycles. The minimum Gasteiger partial charge on any atom is -0.382 e. The lowest BCUT2D eigenvalue weighted by Crippen LogP contribution is -1.95. The van der Waals surface area contributed by atoms with Crippen LogP contribution in [0.3, 0.4) is 0 Å². The first-order chi connectivity index (χ1) is 5.43. The van der Waals surface area contributed by atoms with Crippen molar-refractivity contribution in [3.63, 3.8) is 0 Å². The van der Waals surface area contributed by atoms with E-state index in [-0.39, 0.29) is 0 Å². The number of H-pyrrole nitrogens is 1. The standard InChI is InChI=1S/C8H14N2O/c1-2-11-7-3-4-8-5-6-9-10-8/h5-6H,2-4,7H2,1H3,(H,9,10). The Hall–Kier alpha value is -0.830. The smallest absolute Gasteiger partial charge is 0.0490 e. The molecule has 3 heteroatoms. The molecule has 0 unspecified atom stereocenters. The number of aromatic amines is 1. The first kappa shape index (κ1) is 8.27. The van der Waals surface area contributed by atoms with Gasteiger partial charge in [-0.25, -0.2) is 0 Å². The number of rotatable bonds is 5. The molecule has 0 aromatic carbocycles. The van der Waals surface area contributed by atoms with E-state index in [1.807, 2.05) is 13.0 Å². The van der Waals surface area contributed by atoms with E-state index in [0.29, 0.717) is 0 Å². The Morgan fingerprint density at radius 1 is 1.64 bits per heavy atom. The molecule has 1 rings (SSSR count). The Balaban J connectivity index is 2.04. The first-order valence-electron chi connectivity index (χ1n) is 3.99. The third kappa shape index (κ3) is 3.18. The predicted molar refractivity (Wildman–Crippen MR) is 43.4 cm³/mol. The Labute approximate surface area is 66.8 Å². The number of hydrogen-bond donors (Lipinski definition) is 1. The summed E-state index contributed by atoms with van der Waals surface area (Å²) in [5, 5.41) is 6.76. The van der Waals surface area contributed by atoms with Crippen LogP contribution in [-0.2, 0) is 11.2 Å². The van der Waals surface area contributed by atoms with Crippen molar-refractivity contribution in [2.24, 2.45) is 0 Å². The van der Waals surface area contributed by atoms with Crippen molar-refractivity contribution in [2.75, 3.05) is 13.2 Å². The van der Waals surface area contributed by atoms with Crippen LogP contribution in [-0.4, -0.2) is 23.4 Å². The fourth-order valence-electron chi connectivity index (χ4n) is 0.933.